The Hall–Kier alpha value is -0.420. The first-order valence-electron chi connectivity index (χ1n) is 5.39. The summed E-state index contributed by atoms with van der Waals surface area (Å²) in [6.45, 7) is 1.04. The van der Waals surface area contributed by atoms with Gasteiger partial charge in [-0.25, -0.2) is 4.98 Å². The Balaban J connectivity index is 0.00000144. The fourth-order valence-corrected chi connectivity index (χ4v) is 2.27. The summed E-state index contributed by atoms with van der Waals surface area (Å²) in [5.74, 6) is 0.626. The van der Waals surface area contributed by atoms with Crippen LogP contribution in [0.1, 0.15) is 12.8 Å². The maximum absolute atomic E-state index is 5.90. The van der Waals surface area contributed by atoms with Gasteiger partial charge in [0.2, 0.25) is 0 Å². The number of anilines is 1. The predicted octanol–water partition coefficient (Wildman–Crippen LogP) is 2.73. The fourth-order valence-electron chi connectivity index (χ4n) is 2.09. The van der Waals surface area contributed by atoms with Crippen LogP contribution in [0.2, 0.25) is 5.15 Å². The van der Waals surface area contributed by atoms with Crippen molar-refractivity contribution >= 4 is 42.1 Å². The Bertz CT molecular complexity index is 379. The van der Waals surface area contributed by atoms with E-state index >= 15 is 0 Å². The molecule has 1 aromatic rings. The Kier molecular flexibility index (Phi) is 7.71. The summed E-state index contributed by atoms with van der Waals surface area (Å²) in [4.78, 5) is 6.42. The van der Waals surface area contributed by atoms with Gasteiger partial charge in [-0.3, -0.25) is 0 Å². The van der Waals surface area contributed by atoms with Gasteiger partial charge in [0.1, 0.15) is 0 Å². The van der Waals surface area contributed by atoms with Gasteiger partial charge >= 0.3 is 0 Å². The van der Waals surface area contributed by atoms with Crippen molar-refractivity contribution in [3.8, 4) is 5.75 Å². The van der Waals surface area contributed by atoms with Gasteiger partial charge in [-0.15, -0.1) is 24.8 Å². The number of hydrogen-bond donors (Lipinski definition) is 1. The monoisotopic (exact) mass is 313 g/mol. The van der Waals surface area contributed by atoms with Crippen molar-refractivity contribution < 1.29 is 4.74 Å². The van der Waals surface area contributed by atoms with E-state index in [9.17, 15) is 0 Å². The van der Waals surface area contributed by atoms with E-state index < -0.39 is 0 Å². The van der Waals surface area contributed by atoms with Crippen LogP contribution in [-0.2, 0) is 0 Å². The molecule has 1 aromatic heterocycles. The van der Waals surface area contributed by atoms with E-state index in [1.165, 1.54) is 6.42 Å². The highest BCUT2D eigenvalue weighted by Gasteiger charge is 2.23. The summed E-state index contributed by atoms with van der Waals surface area (Å²) in [6, 6.07) is 1.94. The first-order chi connectivity index (χ1) is 7.76. The van der Waals surface area contributed by atoms with E-state index in [0.717, 1.165) is 18.7 Å². The van der Waals surface area contributed by atoms with Gasteiger partial charge < -0.3 is 15.0 Å². The lowest BCUT2D eigenvalue weighted by Gasteiger charge is -2.26. The molecule has 7 heteroatoms. The molecule has 1 unspecified atom stereocenters. The second-order valence-electron chi connectivity index (χ2n) is 3.83. The maximum atomic E-state index is 5.90. The third-order valence-electron chi connectivity index (χ3n) is 2.93. The molecule has 0 aliphatic carbocycles. The number of rotatable bonds is 3. The van der Waals surface area contributed by atoms with Crippen LogP contribution in [0.5, 0.6) is 5.75 Å². The van der Waals surface area contributed by atoms with E-state index in [2.05, 4.69) is 15.2 Å². The number of halogens is 3. The number of nitrogens with one attached hydrogen (secondary N) is 1. The average molecular weight is 315 g/mol. The van der Waals surface area contributed by atoms with E-state index in [0.29, 0.717) is 17.1 Å². The molecule has 1 aliphatic heterocycles. The highest BCUT2D eigenvalue weighted by atomic mass is 35.5. The van der Waals surface area contributed by atoms with Crippen LogP contribution in [-0.4, -0.2) is 31.9 Å². The smallest absolute Gasteiger partial charge is 0.171 e. The van der Waals surface area contributed by atoms with Crippen molar-refractivity contribution in [3.05, 3.63) is 17.4 Å². The van der Waals surface area contributed by atoms with Gasteiger partial charge in [0.05, 0.1) is 25.2 Å². The number of ether oxygens (including phenoxy) is 1. The van der Waals surface area contributed by atoms with E-state index in [1.54, 1.807) is 13.3 Å². The summed E-state index contributed by atoms with van der Waals surface area (Å²) in [7, 11) is 3.58. The molecule has 18 heavy (non-hydrogen) atoms. The topological polar surface area (TPSA) is 37.4 Å². The lowest BCUT2D eigenvalue weighted by molar-refractivity contribution is 0.413. The molecule has 1 fully saturated rings. The SMILES string of the molecule is CNC1CCCN1c1cnc(Cl)c(OC)c1.Cl.Cl. The average Bonchev–Trinajstić information content (AvgIpc) is 2.78. The van der Waals surface area contributed by atoms with Gasteiger partial charge in [0.15, 0.2) is 10.9 Å². The zero-order valence-corrected chi connectivity index (χ0v) is 12.7. The number of pyridine rings is 1. The van der Waals surface area contributed by atoms with Crippen molar-refractivity contribution in [3.63, 3.8) is 0 Å². The summed E-state index contributed by atoms with van der Waals surface area (Å²) >= 11 is 5.90. The zero-order valence-electron chi connectivity index (χ0n) is 10.4. The molecular formula is C11H18Cl3N3O. The van der Waals surface area contributed by atoms with Crippen molar-refractivity contribution in [1.82, 2.24) is 10.3 Å². The van der Waals surface area contributed by atoms with Crippen LogP contribution >= 0.6 is 36.4 Å². The molecule has 1 N–H and O–H groups in total. The van der Waals surface area contributed by atoms with Crippen LogP contribution in [0.15, 0.2) is 12.3 Å². The predicted molar refractivity (Wildman–Crippen MR) is 79.7 cm³/mol. The van der Waals surface area contributed by atoms with Crippen LogP contribution in [0.4, 0.5) is 5.69 Å². The largest absolute Gasteiger partial charge is 0.493 e. The van der Waals surface area contributed by atoms with Gasteiger partial charge in [-0.2, -0.15) is 0 Å². The molecule has 4 nitrogen and oxygen atoms in total. The third kappa shape index (κ3) is 3.54. The van der Waals surface area contributed by atoms with Crippen molar-refractivity contribution in [2.75, 3.05) is 25.6 Å². The number of nitrogens with zero attached hydrogens (tertiary/aromatic N) is 2. The second-order valence-corrected chi connectivity index (χ2v) is 4.18. The Morgan fingerprint density at radius 2 is 2.22 bits per heavy atom. The minimum atomic E-state index is 0. The summed E-state index contributed by atoms with van der Waals surface area (Å²) in [6.07, 6.45) is 4.52. The van der Waals surface area contributed by atoms with E-state index in [1.807, 2.05) is 13.1 Å². The highest BCUT2D eigenvalue weighted by molar-refractivity contribution is 6.30. The maximum Gasteiger partial charge on any atom is 0.171 e. The molecule has 0 saturated carbocycles. The number of aromatic nitrogens is 1. The van der Waals surface area contributed by atoms with Crippen LogP contribution in [0.25, 0.3) is 0 Å². The molecule has 0 bridgehead atoms. The minimum Gasteiger partial charge on any atom is -0.493 e. The summed E-state index contributed by atoms with van der Waals surface area (Å²) < 4.78 is 5.17. The molecule has 0 radical (unpaired) electrons. The minimum absolute atomic E-state index is 0. The molecule has 1 saturated heterocycles. The second kappa shape index (κ2) is 7.89. The first-order valence-corrected chi connectivity index (χ1v) is 5.77. The Labute approximate surface area is 125 Å². The van der Waals surface area contributed by atoms with Crippen LogP contribution < -0.4 is 15.0 Å². The highest BCUT2D eigenvalue weighted by Crippen LogP contribution is 2.30. The molecular weight excluding hydrogens is 296 g/mol. The van der Waals surface area contributed by atoms with E-state index in [-0.39, 0.29) is 24.8 Å². The summed E-state index contributed by atoms with van der Waals surface area (Å²) in [5, 5.41) is 3.70. The Morgan fingerprint density at radius 1 is 1.50 bits per heavy atom. The fraction of sp³-hybridized carbons (Fsp3) is 0.545. The summed E-state index contributed by atoms with van der Waals surface area (Å²) in [5.41, 5.74) is 1.05. The van der Waals surface area contributed by atoms with Crippen molar-refractivity contribution in [2.45, 2.75) is 19.0 Å². The molecule has 104 valence electrons. The van der Waals surface area contributed by atoms with Crippen molar-refractivity contribution in [2.24, 2.45) is 0 Å². The molecule has 0 amide bonds. The quantitative estimate of drug-likeness (QED) is 0.871. The third-order valence-corrected chi connectivity index (χ3v) is 3.21. The lowest BCUT2D eigenvalue weighted by atomic mass is 10.3. The first kappa shape index (κ1) is 17.6. The van der Waals surface area contributed by atoms with E-state index in [4.69, 9.17) is 16.3 Å². The lowest BCUT2D eigenvalue weighted by Crippen LogP contribution is -2.39. The van der Waals surface area contributed by atoms with Gasteiger partial charge in [0, 0.05) is 12.6 Å². The van der Waals surface area contributed by atoms with Gasteiger partial charge in [0.25, 0.3) is 0 Å². The molecule has 2 heterocycles. The standard InChI is InChI=1S/C11H16ClN3O.2ClH/c1-13-10-4-3-5-15(10)8-6-9(16-2)11(12)14-7-8;;/h6-7,10,13H,3-5H2,1-2H3;2*1H. The van der Waals surface area contributed by atoms with Gasteiger partial charge in [-0.05, 0) is 19.9 Å². The van der Waals surface area contributed by atoms with Crippen molar-refractivity contribution in [1.29, 1.82) is 0 Å². The number of hydrogen-bond acceptors (Lipinski definition) is 4. The molecule has 0 spiro atoms. The number of methoxy groups -OCH3 is 1. The van der Waals surface area contributed by atoms with Crippen LogP contribution in [0.3, 0.4) is 0 Å². The van der Waals surface area contributed by atoms with Gasteiger partial charge in [-0.1, -0.05) is 11.6 Å². The zero-order chi connectivity index (χ0) is 11.5. The Morgan fingerprint density at radius 3 is 2.83 bits per heavy atom. The van der Waals surface area contributed by atoms with Crippen LogP contribution in [0, 0.1) is 0 Å². The normalized spacial score (nSPS) is 17.9. The molecule has 1 atom stereocenters. The molecule has 2 rings (SSSR count). The molecule has 0 aromatic carbocycles. The molecule has 1 aliphatic rings.